The fraction of sp³-hybridized carbons (Fsp3) is 0.533. The maximum Gasteiger partial charge on any atom is 0.110 e. The first-order valence-corrected chi connectivity index (χ1v) is 7.49. The third kappa shape index (κ3) is 3.82. The summed E-state index contributed by atoms with van der Waals surface area (Å²) in [6.07, 6.45) is 4.06. The Balaban J connectivity index is 2.02. The summed E-state index contributed by atoms with van der Waals surface area (Å²) in [7, 11) is 0. The van der Waals surface area contributed by atoms with Crippen molar-refractivity contribution in [3.8, 4) is 11.8 Å². The highest BCUT2D eigenvalue weighted by Gasteiger charge is 2.19. The summed E-state index contributed by atoms with van der Waals surface area (Å²) in [6.45, 7) is 6.76. The zero-order chi connectivity index (χ0) is 13.8. The molecule has 19 heavy (non-hydrogen) atoms. The van der Waals surface area contributed by atoms with E-state index in [0.29, 0.717) is 21.5 Å². The first-order chi connectivity index (χ1) is 9.08. The summed E-state index contributed by atoms with van der Waals surface area (Å²) in [4.78, 5) is 5.56. The van der Waals surface area contributed by atoms with Crippen molar-refractivity contribution in [2.24, 2.45) is 5.92 Å². The number of hydrogen-bond acceptors (Lipinski definition) is 2. The molecule has 0 radical (unpaired) electrons. The van der Waals surface area contributed by atoms with Gasteiger partial charge in [0, 0.05) is 18.2 Å². The Labute approximate surface area is 125 Å². The third-order valence-electron chi connectivity index (χ3n) is 3.56. The molecule has 0 atom stereocenters. The van der Waals surface area contributed by atoms with Crippen LogP contribution in [-0.4, -0.2) is 29.0 Å². The third-order valence-corrected chi connectivity index (χ3v) is 4.40. The first kappa shape index (κ1) is 14.6. The molecule has 0 spiro atoms. The summed E-state index contributed by atoms with van der Waals surface area (Å²) in [6, 6.07) is 2.41. The van der Waals surface area contributed by atoms with E-state index >= 15 is 0 Å². The molecule has 2 nitrogen and oxygen atoms in total. The Bertz CT molecular complexity index is 545. The Morgan fingerprint density at radius 2 is 2.11 bits per heavy atom. The lowest BCUT2D eigenvalue weighted by atomic mass is 9.96. The minimum absolute atomic E-state index is 0.466. The molecule has 2 heterocycles. The van der Waals surface area contributed by atoms with Gasteiger partial charge in [-0.2, -0.15) is 0 Å². The predicted octanol–water partition coefficient (Wildman–Crippen LogP) is 3.87. The van der Waals surface area contributed by atoms with Crippen LogP contribution in [0.3, 0.4) is 0 Å². The average Bonchev–Trinajstić information content (AvgIpc) is 2.41. The van der Waals surface area contributed by atoms with Crippen LogP contribution in [0.25, 0.3) is 0 Å². The number of H-pyrrole nitrogens is 1. The molecule has 1 aromatic heterocycles. The van der Waals surface area contributed by atoms with Crippen LogP contribution in [0.5, 0.6) is 0 Å². The van der Waals surface area contributed by atoms with Crippen molar-refractivity contribution < 1.29 is 0 Å². The molecule has 1 saturated heterocycles. The van der Waals surface area contributed by atoms with Crippen LogP contribution >= 0.6 is 23.8 Å². The Morgan fingerprint density at radius 1 is 1.42 bits per heavy atom. The van der Waals surface area contributed by atoms with Gasteiger partial charge in [0.05, 0.1) is 9.53 Å². The van der Waals surface area contributed by atoms with Crippen LogP contribution in [0.2, 0.25) is 5.02 Å². The van der Waals surface area contributed by atoms with Gasteiger partial charge >= 0.3 is 0 Å². The smallest absolute Gasteiger partial charge is 0.110 e. The molecule has 4 heteroatoms. The number of nitrogens with zero attached hydrogens (tertiary/aromatic N) is 1. The SMILES string of the molecule is CC(C)N1CCC(C#Cc2[nH]ccc(=S)c2Cl)CC1. The number of pyridine rings is 1. The molecule has 1 aromatic rings. The largest absolute Gasteiger partial charge is 0.354 e. The number of aromatic amines is 1. The normalized spacial score (nSPS) is 17.3. The molecule has 0 amide bonds. The molecule has 2 rings (SSSR count). The highest BCUT2D eigenvalue weighted by molar-refractivity contribution is 7.71. The second kappa shape index (κ2) is 6.56. The molecule has 1 fully saturated rings. The van der Waals surface area contributed by atoms with Gasteiger partial charge in [0.15, 0.2) is 0 Å². The van der Waals surface area contributed by atoms with Crippen LogP contribution in [0, 0.1) is 22.3 Å². The van der Waals surface area contributed by atoms with Crippen molar-refractivity contribution in [1.29, 1.82) is 0 Å². The van der Waals surface area contributed by atoms with Crippen LogP contribution in [0.4, 0.5) is 0 Å². The van der Waals surface area contributed by atoms with Gasteiger partial charge in [-0.3, -0.25) is 0 Å². The highest BCUT2D eigenvalue weighted by atomic mass is 35.5. The number of halogens is 1. The molecule has 1 aliphatic rings. The van der Waals surface area contributed by atoms with Gasteiger partial charge in [-0.15, -0.1) is 0 Å². The van der Waals surface area contributed by atoms with Crippen LogP contribution in [-0.2, 0) is 0 Å². The minimum atomic E-state index is 0.466. The van der Waals surface area contributed by atoms with E-state index in [1.807, 2.05) is 0 Å². The summed E-state index contributed by atoms with van der Waals surface area (Å²) in [5.74, 6) is 6.94. The number of nitrogens with one attached hydrogen (secondary N) is 1. The minimum Gasteiger partial charge on any atom is -0.354 e. The number of hydrogen-bond donors (Lipinski definition) is 1. The quantitative estimate of drug-likeness (QED) is 0.626. The summed E-state index contributed by atoms with van der Waals surface area (Å²) >= 11 is 11.3. The van der Waals surface area contributed by atoms with Crippen molar-refractivity contribution in [3.63, 3.8) is 0 Å². The second-order valence-electron chi connectivity index (χ2n) is 5.20. The van der Waals surface area contributed by atoms with Gasteiger partial charge < -0.3 is 9.88 Å². The maximum absolute atomic E-state index is 6.13. The van der Waals surface area contributed by atoms with Gasteiger partial charge in [-0.05, 0) is 51.8 Å². The molecule has 0 aliphatic carbocycles. The van der Waals surface area contributed by atoms with E-state index in [-0.39, 0.29) is 0 Å². The lowest BCUT2D eigenvalue weighted by molar-refractivity contribution is 0.167. The zero-order valence-electron chi connectivity index (χ0n) is 11.4. The average molecular weight is 295 g/mol. The molecular weight excluding hydrogens is 276 g/mol. The van der Waals surface area contributed by atoms with Crippen LogP contribution < -0.4 is 0 Å². The lowest BCUT2D eigenvalue weighted by Crippen LogP contribution is -2.38. The van der Waals surface area contributed by atoms with Gasteiger partial charge in [0.2, 0.25) is 0 Å². The second-order valence-corrected chi connectivity index (χ2v) is 6.02. The van der Waals surface area contributed by atoms with Crippen molar-refractivity contribution in [1.82, 2.24) is 9.88 Å². The Morgan fingerprint density at radius 3 is 2.74 bits per heavy atom. The van der Waals surface area contributed by atoms with Gasteiger partial charge in [0.1, 0.15) is 5.69 Å². The van der Waals surface area contributed by atoms with E-state index in [0.717, 1.165) is 31.6 Å². The van der Waals surface area contributed by atoms with Gasteiger partial charge in [0.25, 0.3) is 0 Å². The zero-order valence-corrected chi connectivity index (χ0v) is 12.9. The number of rotatable bonds is 1. The molecular formula is C15H19ClN2S. The van der Waals surface area contributed by atoms with E-state index < -0.39 is 0 Å². The van der Waals surface area contributed by atoms with E-state index in [1.54, 1.807) is 12.3 Å². The number of piperidine rings is 1. The molecule has 102 valence electrons. The van der Waals surface area contributed by atoms with Crippen LogP contribution in [0.15, 0.2) is 12.3 Å². The van der Waals surface area contributed by atoms with Crippen molar-refractivity contribution in [3.05, 3.63) is 27.5 Å². The first-order valence-electron chi connectivity index (χ1n) is 6.70. The lowest BCUT2D eigenvalue weighted by Gasteiger charge is -2.32. The monoisotopic (exact) mass is 294 g/mol. The van der Waals surface area contributed by atoms with E-state index in [1.165, 1.54) is 0 Å². The van der Waals surface area contributed by atoms with Gasteiger partial charge in [-0.1, -0.05) is 29.7 Å². The summed E-state index contributed by atoms with van der Waals surface area (Å²) < 4.78 is 0.652. The maximum atomic E-state index is 6.13. The number of aromatic nitrogens is 1. The molecule has 0 bridgehead atoms. The van der Waals surface area contributed by atoms with Crippen LogP contribution in [0.1, 0.15) is 32.4 Å². The fourth-order valence-corrected chi connectivity index (χ4v) is 2.62. The molecule has 1 aliphatic heterocycles. The Kier molecular flexibility index (Phi) is 5.04. The van der Waals surface area contributed by atoms with Crippen molar-refractivity contribution >= 4 is 23.8 Å². The van der Waals surface area contributed by atoms with E-state index in [9.17, 15) is 0 Å². The standard InChI is InChI=1S/C15H19ClN2S/c1-11(2)18-9-6-12(7-10-18)3-4-13-15(16)14(19)5-8-17-13/h5,8,11-12H,6-7,9-10H2,1-2H3,(H,17,19). The van der Waals surface area contributed by atoms with E-state index in [2.05, 4.69) is 35.6 Å². The molecule has 0 aromatic carbocycles. The van der Waals surface area contributed by atoms with Gasteiger partial charge in [-0.25, -0.2) is 0 Å². The van der Waals surface area contributed by atoms with E-state index in [4.69, 9.17) is 23.8 Å². The topological polar surface area (TPSA) is 19.0 Å². The Hall–Kier alpha value is -0.820. The molecule has 1 N–H and O–H groups in total. The highest BCUT2D eigenvalue weighted by Crippen LogP contribution is 2.19. The molecule has 0 saturated carbocycles. The summed E-state index contributed by atoms with van der Waals surface area (Å²) in [5.41, 5.74) is 0.737. The number of likely N-dealkylation sites (tertiary alicyclic amines) is 1. The summed E-state index contributed by atoms with van der Waals surface area (Å²) in [5, 5.41) is 0.560. The van der Waals surface area contributed by atoms with Crippen molar-refractivity contribution in [2.75, 3.05) is 13.1 Å². The fourth-order valence-electron chi connectivity index (χ4n) is 2.29. The predicted molar refractivity (Wildman–Crippen MR) is 82.9 cm³/mol. The molecule has 0 unspecified atom stereocenters. The van der Waals surface area contributed by atoms with Crippen molar-refractivity contribution in [2.45, 2.75) is 32.7 Å².